The first kappa shape index (κ1) is 24.4. The largest absolute Gasteiger partial charge is 0.373 e. The zero-order chi connectivity index (χ0) is 23.2. The first-order valence-electron chi connectivity index (χ1n) is 9.83. The van der Waals surface area contributed by atoms with Crippen LogP contribution in [-0.2, 0) is 9.53 Å². The average molecular weight is 556 g/mol. The van der Waals surface area contributed by atoms with Gasteiger partial charge in [0.05, 0.1) is 32.6 Å². The summed E-state index contributed by atoms with van der Waals surface area (Å²) in [6.07, 6.45) is 2.27. The number of halogens is 6. The molecule has 2 aliphatic rings. The number of Topliss-reactive ketones (excluding diaryl/α,β-unsaturated/α-hetero) is 1. The molecule has 10 heteroatoms. The van der Waals surface area contributed by atoms with Crippen LogP contribution in [0.2, 0.25) is 20.1 Å². The van der Waals surface area contributed by atoms with E-state index >= 15 is 0 Å². The number of hydrogen-bond acceptors (Lipinski definition) is 3. The SMILES string of the molecule is O=C(COCC1CC1)c1cc(NC(=O)C2C(c3cc(Cl)c(Cl)c(Cl)c3)C2(Cl)Cl)ccc1Cl. The highest BCUT2D eigenvalue weighted by Crippen LogP contribution is 2.65. The molecule has 170 valence electrons. The van der Waals surface area contributed by atoms with Crippen molar-refractivity contribution in [1.29, 1.82) is 0 Å². The zero-order valence-electron chi connectivity index (χ0n) is 16.4. The highest BCUT2D eigenvalue weighted by molar-refractivity contribution is 6.54. The van der Waals surface area contributed by atoms with Crippen LogP contribution in [0.5, 0.6) is 0 Å². The highest BCUT2D eigenvalue weighted by atomic mass is 35.5. The molecule has 0 aliphatic heterocycles. The summed E-state index contributed by atoms with van der Waals surface area (Å²) < 4.78 is 4.11. The average Bonchev–Trinajstić information content (AvgIpc) is 3.63. The van der Waals surface area contributed by atoms with Crippen LogP contribution in [0.4, 0.5) is 5.69 Å². The Labute approximate surface area is 215 Å². The maximum atomic E-state index is 12.9. The van der Waals surface area contributed by atoms with Crippen molar-refractivity contribution < 1.29 is 14.3 Å². The Morgan fingerprint density at radius 2 is 1.66 bits per heavy atom. The van der Waals surface area contributed by atoms with Crippen molar-refractivity contribution in [2.24, 2.45) is 11.8 Å². The van der Waals surface area contributed by atoms with Crippen molar-refractivity contribution in [3.8, 4) is 0 Å². The molecule has 0 radical (unpaired) electrons. The fourth-order valence-electron chi connectivity index (χ4n) is 3.54. The van der Waals surface area contributed by atoms with Crippen molar-refractivity contribution in [2.75, 3.05) is 18.5 Å². The normalized spacial score (nSPS) is 21.3. The molecule has 0 saturated heterocycles. The summed E-state index contributed by atoms with van der Waals surface area (Å²) in [5.41, 5.74) is 1.27. The van der Waals surface area contributed by atoms with Gasteiger partial charge >= 0.3 is 0 Å². The molecule has 32 heavy (non-hydrogen) atoms. The predicted molar refractivity (Wildman–Crippen MR) is 130 cm³/mol. The topological polar surface area (TPSA) is 55.4 Å². The Bertz CT molecular complexity index is 1060. The quantitative estimate of drug-likeness (QED) is 0.209. The Balaban J connectivity index is 1.46. The van der Waals surface area contributed by atoms with Crippen LogP contribution in [0, 0.1) is 11.8 Å². The highest BCUT2D eigenvalue weighted by Gasteiger charge is 2.67. The fourth-order valence-corrected chi connectivity index (χ4v) is 5.20. The molecule has 4 rings (SSSR count). The number of benzene rings is 2. The van der Waals surface area contributed by atoms with Crippen LogP contribution in [0.15, 0.2) is 30.3 Å². The molecule has 1 amide bonds. The lowest BCUT2D eigenvalue weighted by atomic mass is 10.1. The van der Waals surface area contributed by atoms with Crippen LogP contribution in [0.25, 0.3) is 0 Å². The molecule has 1 N–H and O–H groups in total. The number of amides is 1. The van der Waals surface area contributed by atoms with E-state index in [4.69, 9.17) is 74.3 Å². The predicted octanol–water partition coefficient (Wildman–Crippen LogP) is 7.44. The number of alkyl halides is 2. The summed E-state index contributed by atoms with van der Waals surface area (Å²) >= 11 is 37.2. The summed E-state index contributed by atoms with van der Waals surface area (Å²) in [5.74, 6) is -1.40. The number of rotatable bonds is 8. The molecule has 2 atom stereocenters. The van der Waals surface area contributed by atoms with Crippen molar-refractivity contribution in [1.82, 2.24) is 0 Å². The van der Waals surface area contributed by atoms with E-state index in [0.717, 1.165) is 12.8 Å². The van der Waals surface area contributed by atoms with Crippen LogP contribution in [0.1, 0.15) is 34.7 Å². The van der Waals surface area contributed by atoms with E-state index in [1.165, 1.54) is 6.07 Å². The summed E-state index contributed by atoms with van der Waals surface area (Å²) in [6.45, 7) is 0.498. The Kier molecular flexibility index (Phi) is 7.24. The Hall–Kier alpha value is -0.720. The maximum Gasteiger partial charge on any atom is 0.231 e. The lowest BCUT2D eigenvalue weighted by Crippen LogP contribution is -2.18. The zero-order valence-corrected chi connectivity index (χ0v) is 21.0. The number of ketones is 1. The van der Waals surface area contributed by atoms with E-state index in [2.05, 4.69) is 5.32 Å². The summed E-state index contributed by atoms with van der Waals surface area (Å²) in [6, 6.07) is 7.84. The molecule has 0 heterocycles. The minimum atomic E-state index is -1.34. The Morgan fingerprint density at radius 1 is 1.00 bits per heavy atom. The standard InChI is InChI=1S/C22H17Cl6NO3/c23-14-4-3-12(7-13(14)17(30)9-32-8-10-1-2-10)29-21(31)19-18(22(19,27)28)11-5-15(24)20(26)16(25)6-11/h3-7,10,18-19H,1-2,8-9H2,(H,29,31). The van der Waals surface area contributed by atoms with E-state index in [-0.39, 0.29) is 38.0 Å². The minimum absolute atomic E-state index is 0.0666. The summed E-state index contributed by atoms with van der Waals surface area (Å²) in [7, 11) is 0. The molecular weight excluding hydrogens is 539 g/mol. The van der Waals surface area contributed by atoms with E-state index < -0.39 is 22.1 Å². The van der Waals surface area contributed by atoms with E-state index in [1.807, 2.05) is 0 Å². The third-order valence-corrected chi connectivity index (χ3v) is 7.99. The van der Waals surface area contributed by atoms with Crippen LogP contribution in [0.3, 0.4) is 0 Å². The Morgan fingerprint density at radius 3 is 2.28 bits per heavy atom. The molecule has 4 nitrogen and oxygen atoms in total. The maximum absolute atomic E-state index is 12.9. The molecule has 0 aromatic heterocycles. The molecular formula is C22H17Cl6NO3. The molecule has 2 aromatic carbocycles. The van der Waals surface area contributed by atoms with Crippen molar-refractivity contribution >= 4 is 87.0 Å². The molecule has 2 unspecified atom stereocenters. The monoisotopic (exact) mass is 553 g/mol. The third-order valence-electron chi connectivity index (χ3n) is 5.52. The van der Waals surface area contributed by atoms with Gasteiger partial charge in [0.15, 0.2) is 5.78 Å². The van der Waals surface area contributed by atoms with Gasteiger partial charge in [-0.05, 0) is 54.7 Å². The molecule has 2 saturated carbocycles. The second-order valence-electron chi connectivity index (χ2n) is 7.99. The van der Waals surface area contributed by atoms with Gasteiger partial charge in [-0.2, -0.15) is 0 Å². The van der Waals surface area contributed by atoms with E-state index in [9.17, 15) is 9.59 Å². The van der Waals surface area contributed by atoms with Gasteiger partial charge < -0.3 is 10.1 Å². The number of anilines is 1. The first-order valence-corrected chi connectivity index (χ1v) is 12.1. The first-order chi connectivity index (χ1) is 15.1. The number of ether oxygens (including phenoxy) is 1. The van der Waals surface area contributed by atoms with Gasteiger partial charge in [-0.15, -0.1) is 23.2 Å². The third kappa shape index (κ3) is 5.17. The van der Waals surface area contributed by atoms with Crippen molar-refractivity contribution in [3.05, 3.63) is 61.5 Å². The smallest absolute Gasteiger partial charge is 0.231 e. The van der Waals surface area contributed by atoms with Gasteiger partial charge in [-0.3, -0.25) is 9.59 Å². The van der Waals surface area contributed by atoms with Crippen LogP contribution >= 0.6 is 69.6 Å². The van der Waals surface area contributed by atoms with Gasteiger partial charge in [-0.25, -0.2) is 0 Å². The van der Waals surface area contributed by atoms with Gasteiger partial charge in [-0.1, -0.05) is 46.4 Å². The minimum Gasteiger partial charge on any atom is -0.373 e. The molecule has 2 aromatic rings. The van der Waals surface area contributed by atoms with E-state index in [0.29, 0.717) is 23.8 Å². The summed E-state index contributed by atoms with van der Waals surface area (Å²) in [5, 5.41) is 3.74. The van der Waals surface area contributed by atoms with Crippen molar-refractivity contribution in [3.63, 3.8) is 0 Å². The lowest BCUT2D eigenvalue weighted by molar-refractivity contribution is -0.117. The van der Waals surface area contributed by atoms with Gasteiger partial charge in [0.2, 0.25) is 5.91 Å². The van der Waals surface area contributed by atoms with Gasteiger partial charge in [0.1, 0.15) is 10.9 Å². The number of carbonyl (C=O) groups excluding carboxylic acids is 2. The van der Waals surface area contributed by atoms with Crippen LogP contribution in [-0.4, -0.2) is 29.2 Å². The fraction of sp³-hybridized carbons (Fsp3) is 0.364. The number of hydrogen-bond donors (Lipinski definition) is 1. The number of carbonyl (C=O) groups is 2. The molecule has 0 spiro atoms. The second kappa shape index (κ2) is 9.50. The molecule has 2 aliphatic carbocycles. The summed E-state index contributed by atoms with van der Waals surface area (Å²) in [4.78, 5) is 25.4. The van der Waals surface area contributed by atoms with Crippen molar-refractivity contribution in [2.45, 2.75) is 23.1 Å². The lowest BCUT2D eigenvalue weighted by Gasteiger charge is -2.09. The second-order valence-corrected chi connectivity index (χ2v) is 11.0. The van der Waals surface area contributed by atoms with Gasteiger partial charge in [0.25, 0.3) is 0 Å². The molecule has 0 bridgehead atoms. The molecule has 2 fully saturated rings. The van der Waals surface area contributed by atoms with E-state index in [1.54, 1.807) is 24.3 Å². The number of nitrogens with one attached hydrogen (secondary N) is 1. The van der Waals surface area contributed by atoms with Crippen LogP contribution < -0.4 is 5.32 Å². The van der Waals surface area contributed by atoms with Gasteiger partial charge in [0, 0.05) is 17.2 Å².